The number of benzene rings is 2. The molecule has 1 heterocycles. The van der Waals surface area contributed by atoms with Crippen LogP contribution in [0.1, 0.15) is 0 Å². The summed E-state index contributed by atoms with van der Waals surface area (Å²) in [5.74, 6) is -0.269. The van der Waals surface area contributed by atoms with Crippen LogP contribution < -0.4 is 16.2 Å². The molecule has 0 atom stereocenters. The molecule has 0 saturated carbocycles. The Kier molecular flexibility index (Phi) is 5.37. The third-order valence-corrected chi connectivity index (χ3v) is 4.09. The highest BCUT2D eigenvalue weighted by atomic mass is 35.5. The first-order valence-corrected chi connectivity index (χ1v) is 8.40. The lowest BCUT2D eigenvalue weighted by Crippen LogP contribution is -2.45. The number of fused-ring (bicyclic) bond motifs is 1. The normalized spacial score (nSPS) is 10.5. The topological polar surface area (TPSA) is 71.0 Å². The highest BCUT2D eigenvalue weighted by Crippen LogP contribution is 2.25. The van der Waals surface area contributed by atoms with E-state index >= 15 is 0 Å². The Bertz CT molecular complexity index is 943. The van der Waals surface area contributed by atoms with Gasteiger partial charge in [-0.3, -0.25) is 15.6 Å². The van der Waals surface area contributed by atoms with E-state index in [2.05, 4.69) is 21.2 Å². The Morgan fingerprint density at radius 1 is 1.16 bits per heavy atom. The van der Waals surface area contributed by atoms with Crippen molar-refractivity contribution >= 4 is 63.2 Å². The van der Waals surface area contributed by atoms with Crippen LogP contribution in [0.15, 0.2) is 48.8 Å². The third kappa shape index (κ3) is 4.39. The summed E-state index contributed by atoms with van der Waals surface area (Å²) >= 11 is 17.0. The van der Waals surface area contributed by atoms with Crippen molar-refractivity contribution in [1.82, 2.24) is 20.4 Å². The first-order chi connectivity index (χ1) is 12.0. The molecule has 1 aromatic heterocycles. The number of carbonyl (C=O) groups excluding carboxylic acids is 1. The standard InChI is InChI=1S/C16H13Cl2N5OS/c17-10-5-6-12(11(18)7-10)20-16(25)22-21-15(24)8-23-9-19-13-3-1-2-4-14(13)23/h1-7,9H,8H2,(H,21,24)(H2,20,22,25). The molecule has 0 aliphatic rings. The van der Waals surface area contributed by atoms with E-state index in [0.717, 1.165) is 11.0 Å². The maximum absolute atomic E-state index is 12.1. The molecule has 2 aromatic carbocycles. The predicted molar refractivity (Wildman–Crippen MR) is 104 cm³/mol. The summed E-state index contributed by atoms with van der Waals surface area (Å²) < 4.78 is 1.75. The van der Waals surface area contributed by atoms with E-state index in [9.17, 15) is 4.79 Å². The lowest BCUT2D eigenvalue weighted by Gasteiger charge is -2.13. The van der Waals surface area contributed by atoms with Gasteiger partial charge in [0.2, 0.25) is 0 Å². The van der Waals surface area contributed by atoms with E-state index in [0.29, 0.717) is 15.7 Å². The van der Waals surface area contributed by atoms with Crippen molar-refractivity contribution < 1.29 is 4.79 Å². The van der Waals surface area contributed by atoms with Gasteiger partial charge in [0.15, 0.2) is 5.11 Å². The molecule has 0 aliphatic carbocycles. The quantitative estimate of drug-likeness (QED) is 0.470. The monoisotopic (exact) mass is 393 g/mol. The number of imidazole rings is 1. The lowest BCUT2D eigenvalue weighted by molar-refractivity contribution is -0.122. The number of rotatable bonds is 3. The number of aromatic nitrogens is 2. The van der Waals surface area contributed by atoms with Crippen molar-refractivity contribution in [1.29, 1.82) is 0 Å². The summed E-state index contributed by atoms with van der Waals surface area (Å²) in [6.07, 6.45) is 1.62. The number of thiocarbonyl (C=S) groups is 1. The van der Waals surface area contributed by atoms with Gasteiger partial charge in [-0.2, -0.15) is 0 Å². The zero-order valence-electron chi connectivity index (χ0n) is 12.8. The molecule has 0 radical (unpaired) electrons. The van der Waals surface area contributed by atoms with Crippen LogP contribution in [-0.4, -0.2) is 20.6 Å². The number of hydrogen-bond donors (Lipinski definition) is 3. The van der Waals surface area contributed by atoms with Crippen LogP contribution >= 0.6 is 35.4 Å². The number of para-hydroxylation sites is 2. The van der Waals surface area contributed by atoms with E-state index in [1.807, 2.05) is 24.3 Å². The summed E-state index contributed by atoms with van der Waals surface area (Å²) in [7, 11) is 0. The Hall–Kier alpha value is -2.35. The molecule has 6 nitrogen and oxygen atoms in total. The van der Waals surface area contributed by atoms with Gasteiger partial charge in [-0.1, -0.05) is 35.3 Å². The Morgan fingerprint density at radius 3 is 2.76 bits per heavy atom. The Morgan fingerprint density at radius 2 is 1.96 bits per heavy atom. The number of nitrogens with zero attached hydrogens (tertiary/aromatic N) is 2. The summed E-state index contributed by atoms with van der Waals surface area (Å²) in [6.45, 7) is 0.109. The second-order valence-electron chi connectivity index (χ2n) is 5.11. The molecule has 1 amide bonds. The Balaban J connectivity index is 1.54. The van der Waals surface area contributed by atoms with Gasteiger partial charge in [0, 0.05) is 5.02 Å². The van der Waals surface area contributed by atoms with E-state index in [1.54, 1.807) is 29.1 Å². The average molecular weight is 394 g/mol. The van der Waals surface area contributed by atoms with Crippen molar-refractivity contribution in [2.75, 3.05) is 5.32 Å². The molecule has 25 heavy (non-hydrogen) atoms. The number of halogens is 2. The van der Waals surface area contributed by atoms with Crippen molar-refractivity contribution in [3.05, 3.63) is 58.8 Å². The van der Waals surface area contributed by atoms with E-state index in [-0.39, 0.29) is 17.6 Å². The summed E-state index contributed by atoms with van der Waals surface area (Å²) in [5, 5.41) is 4.03. The first kappa shape index (κ1) is 17.5. The van der Waals surface area contributed by atoms with Gasteiger partial charge < -0.3 is 9.88 Å². The van der Waals surface area contributed by atoms with E-state index in [1.165, 1.54) is 0 Å². The molecule has 3 N–H and O–H groups in total. The van der Waals surface area contributed by atoms with Crippen LogP contribution in [0, 0.1) is 0 Å². The van der Waals surface area contributed by atoms with Crippen molar-refractivity contribution in [2.24, 2.45) is 0 Å². The zero-order valence-corrected chi connectivity index (χ0v) is 15.1. The van der Waals surface area contributed by atoms with Crippen LogP contribution in [-0.2, 0) is 11.3 Å². The van der Waals surface area contributed by atoms with Crippen molar-refractivity contribution in [2.45, 2.75) is 6.54 Å². The van der Waals surface area contributed by atoms with E-state index in [4.69, 9.17) is 35.4 Å². The maximum atomic E-state index is 12.1. The molecule has 3 rings (SSSR count). The van der Waals surface area contributed by atoms with Gasteiger partial charge in [0.25, 0.3) is 5.91 Å². The summed E-state index contributed by atoms with van der Waals surface area (Å²) in [6, 6.07) is 12.5. The minimum absolute atomic E-state index is 0.109. The van der Waals surface area contributed by atoms with Gasteiger partial charge in [-0.15, -0.1) is 0 Å². The van der Waals surface area contributed by atoms with Gasteiger partial charge in [-0.25, -0.2) is 4.98 Å². The summed E-state index contributed by atoms with van der Waals surface area (Å²) in [5.41, 5.74) is 7.45. The minimum Gasteiger partial charge on any atom is -0.330 e. The van der Waals surface area contributed by atoms with Crippen LogP contribution in [0.4, 0.5) is 5.69 Å². The second-order valence-corrected chi connectivity index (χ2v) is 6.36. The molecular weight excluding hydrogens is 381 g/mol. The highest BCUT2D eigenvalue weighted by molar-refractivity contribution is 7.80. The fourth-order valence-electron chi connectivity index (χ4n) is 2.20. The van der Waals surface area contributed by atoms with E-state index < -0.39 is 0 Å². The number of anilines is 1. The SMILES string of the molecule is O=C(Cn1cnc2ccccc21)NNC(=S)Nc1ccc(Cl)cc1Cl. The maximum Gasteiger partial charge on any atom is 0.258 e. The zero-order chi connectivity index (χ0) is 17.8. The molecular formula is C16H13Cl2N5OS. The van der Waals surface area contributed by atoms with Gasteiger partial charge >= 0.3 is 0 Å². The number of carbonyl (C=O) groups is 1. The van der Waals surface area contributed by atoms with Crippen molar-refractivity contribution in [3.8, 4) is 0 Å². The molecule has 0 spiro atoms. The minimum atomic E-state index is -0.269. The molecule has 0 aliphatic heterocycles. The smallest absolute Gasteiger partial charge is 0.258 e. The van der Waals surface area contributed by atoms with Crippen LogP contribution in [0.25, 0.3) is 11.0 Å². The molecule has 3 aromatic rings. The molecule has 0 fully saturated rings. The van der Waals surface area contributed by atoms with Crippen LogP contribution in [0.3, 0.4) is 0 Å². The lowest BCUT2D eigenvalue weighted by atomic mass is 10.3. The fourth-order valence-corrected chi connectivity index (χ4v) is 2.82. The number of nitrogens with one attached hydrogen (secondary N) is 3. The molecule has 0 bridgehead atoms. The second kappa shape index (κ2) is 7.69. The van der Waals surface area contributed by atoms with Gasteiger partial charge in [0.05, 0.1) is 28.1 Å². The largest absolute Gasteiger partial charge is 0.330 e. The highest BCUT2D eigenvalue weighted by Gasteiger charge is 2.08. The molecule has 128 valence electrons. The van der Waals surface area contributed by atoms with Gasteiger partial charge in [-0.05, 0) is 42.5 Å². The predicted octanol–water partition coefficient (Wildman–Crippen LogP) is 3.36. The molecule has 9 heteroatoms. The van der Waals surface area contributed by atoms with Crippen molar-refractivity contribution in [3.63, 3.8) is 0 Å². The number of amides is 1. The van der Waals surface area contributed by atoms with Crippen LogP contribution in [0.5, 0.6) is 0 Å². The molecule has 0 saturated heterocycles. The number of hydrazine groups is 1. The number of hydrogen-bond acceptors (Lipinski definition) is 3. The van der Waals surface area contributed by atoms with Crippen LogP contribution in [0.2, 0.25) is 10.0 Å². The summed E-state index contributed by atoms with van der Waals surface area (Å²) in [4.78, 5) is 16.3. The third-order valence-electron chi connectivity index (χ3n) is 3.34. The fraction of sp³-hybridized carbons (Fsp3) is 0.0625. The Labute approximate surface area is 159 Å². The molecule has 0 unspecified atom stereocenters. The van der Waals surface area contributed by atoms with Gasteiger partial charge in [0.1, 0.15) is 6.54 Å². The average Bonchev–Trinajstić information content (AvgIpc) is 2.99. The first-order valence-electron chi connectivity index (χ1n) is 7.23.